The zero-order chi connectivity index (χ0) is 9.14. The Kier molecular flexibility index (Phi) is 2.40. The van der Waals surface area contributed by atoms with Gasteiger partial charge >= 0.3 is 0 Å². The number of halogens is 1. The molecule has 12 heavy (non-hydrogen) atoms. The topological polar surface area (TPSA) is 63.3 Å². The van der Waals surface area contributed by atoms with Crippen LogP contribution in [0, 0.1) is 5.82 Å². The fraction of sp³-hybridized carbons (Fsp3) is 0.125. The Balaban J connectivity index is 2.89. The lowest BCUT2D eigenvalue weighted by Crippen LogP contribution is -2.20. The van der Waals surface area contributed by atoms with E-state index in [4.69, 9.17) is 10.8 Å². The standard InChI is InChI=1S/C8H8FNO2/c9-6-3-1-5(2-4-6)7(11)8(10)12/h1-4,7,11H,(H2,10,12). The van der Waals surface area contributed by atoms with Crippen molar-refractivity contribution < 1.29 is 14.3 Å². The van der Waals surface area contributed by atoms with Crippen LogP contribution in [0.4, 0.5) is 4.39 Å². The molecule has 0 heterocycles. The molecule has 0 saturated heterocycles. The first-order valence-electron chi connectivity index (χ1n) is 3.34. The summed E-state index contributed by atoms with van der Waals surface area (Å²) in [4.78, 5) is 10.5. The molecule has 4 heteroatoms. The number of primary amides is 1. The molecule has 0 saturated carbocycles. The van der Waals surface area contributed by atoms with Crippen LogP contribution in [0.3, 0.4) is 0 Å². The molecule has 1 atom stereocenters. The van der Waals surface area contributed by atoms with E-state index in [1.807, 2.05) is 0 Å². The summed E-state index contributed by atoms with van der Waals surface area (Å²) in [5, 5.41) is 9.09. The van der Waals surface area contributed by atoms with Gasteiger partial charge in [0.25, 0.3) is 5.91 Å². The van der Waals surface area contributed by atoms with Crippen LogP contribution in [0.2, 0.25) is 0 Å². The largest absolute Gasteiger partial charge is 0.378 e. The van der Waals surface area contributed by atoms with Crippen molar-refractivity contribution in [2.24, 2.45) is 5.73 Å². The van der Waals surface area contributed by atoms with Crippen molar-refractivity contribution in [2.45, 2.75) is 6.10 Å². The Morgan fingerprint density at radius 2 is 1.92 bits per heavy atom. The van der Waals surface area contributed by atoms with Crippen molar-refractivity contribution in [3.63, 3.8) is 0 Å². The molecular formula is C8H8FNO2. The zero-order valence-corrected chi connectivity index (χ0v) is 6.20. The second kappa shape index (κ2) is 3.32. The highest BCUT2D eigenvalue weighted by molar-refractivity contribution is 5.79. The number of carbonyl (C=O) groups excluding carboxylic acids is 1. The highest BCUT2D eigenvalue weighted by atomic mass is 19.1. The number of benzene rings is 1. The lowest BCUT2D eigenvalue weighted by Gasteiger charge is -2.05. The van der Waals surface area contributed by atoms with E-state index >= 15 is 0 Å². The maximum absolute atomic E-state index is 12.4. The van der Waals surface area contributed by atoms with Gasteiger partial charge in [-0.1, -0.05) is 12.1 Å². The van der Waals surface area contributed by atoms with Crippen LogP contribution in [-0.2, 0) is 4.79 Å². The van der Waals surface area contributed by atoms with E-state index in [1.54, 1.807) is 0 Å². The Labute approximate surface area is 68.6 Å². The van der Waals surface area contributed by atoms with E-state index in [0.29, 0.717) is 5.56 Å². The predicted molar refractivity (Wildman–Crippen MR) is 40.6 cm³/mol. The second-order valence-corrected chi connectivity index (χ2v) is 2.36. The summed E-state index contributed by atoms with van der Waals surface area (Å²) in [5.74, 6) is -1.27. The molecule has 0 aliphatic rings. The summed E-state index contributed by atoms with van der Waals surface area (Å²) >= 11 is 0. The van der Waals surface area contributed by atoms with E-state index in [1.165, 1.54) is 12.1 Å². The molecule has 3 N–H and O–H groups in total. The van der Waals surface area contributed by atoms with Crippen LogP contribution in [0.15, 0.2) is 24.3 Å². The van der Waals surface area contributed by atoms with E-state index in [0.717, 1.165) is 12.1 Å². The van der Waals surface area contributed by atoms with Crippen molar-refractivity contribution in [3.8, 4) is 0 Å². The number of aliphatic hydroxyl groups excluding tert-OH is 1. The Bertz CT molecular complexity index is 284. The number of amides is 1. The summed E-state index contributed by atoms with van der Waals surface area (Å²) in [6.07, 6.45) is -1.36. The minimum atomic E-state index is -1.36. The number of hydrogen-bond donors (Lipinski definition) is 2. The molecule has 1 aromatic rings. The first-order valence-corrected chi connectivity index (χ1v) is 3.34. The lowest BCUT2D eigenvalue weighted by molar-refractivity contribution is -0.126. The van der Waals surface area contributed by atoms with Gasteiger partial charge in [0, 0.05) is 0 Å². The van der Waals surface area contributed by atoms with E-state index in [2.05, 4.69) is 0 Å². The molecule has 0 radical (unpaired) electrons. The van der Waals surface area contributed by atoms with Gasteiger partial charge < -0.3 is 10.8 Å². The van der Waals surface area contributed by atoms with Gasteiger partial charge in [-0.25, -0.2) is 4.39 Å². The van der Waals surface area contributed by atoms with Gasteiger partial charge in [-0.05, 0) is 17.7 Å². The van der Waals surface area contributed by atoms with E-state index in [9.17, 15) is 9.18 Å². The quantitative estimate of drug-likeness (QED) is 0.670. The predicted octanol–water partition coefficient (Wildman–Crippen LogP) is 0.344. The average Bonchev–Trinajstić information content (AvgIpc) is 2.04. The minimum Gasteiger partial charge on any atom is -0.378 e. The maximum Gasteiger partial charge on any atom is 0.250 e. The first kappa shape index (κ1) is 8.67. The highest BCUT2D eigenvalue weighted by Crippen LogP contribution is 2.12. The van der Waals surface area contributed by atoms with Gasteiger partial charge in [0.05, 0.1) is 0 Å². The van der Waals surface area contributed by atoms with Crippen molar-refractivity contribution in [1.82, 2.24) is 0 Å². The molecule has 0 aliphatic heterocycles. The molecular weight excluding hydrogens is 161 g/mol. The summed E-state index contributed by atoms with van der Waals surface area (Å²) in [6, 6.07) is 4.93. The van der Waals surface area contributed by atoms with Crippen LogP contribution in [0.1, 0.15) is 11.7 Å². The molecule has 1 unspecified atom stereocenters. The van der Waals surface area contributed by atoms with Crippen molar-refractivity contribution in [2.75, 3.05) is 0 Å². The molecule has 0 aromatic heterocycles. The number of carbonyl (C=O) groups is 1. The average molecular weight is 169 g/mol. The van der Waals surface area contributed by atoms with Crippen LogP contribution >= 0.6 is 0 Å². The normalized spacial score (nSPS) is 12.5. The fourth-order valence-electron chi connectivity index (χ4n) is 0.809. The van der Waals surface area contributed by atoms with Gasteiger partial charge in [0.2, 0.25) is 0 Å². The highest BCUT2D eigenvalue weighted by Gasteiger charge is 2.12. The summed E-state index contributed by atoms with van der Waals surface area (Å²) < 4.78 is 12.4. The summed E-state index contributed by atoms with van der Waals surface area (Å²) in [7, 11) is 0. The van der Waals surface area contributed by atoms with Gasteiger partial charge in [0.15, 0.2) is 6.10 Å². The third-order valence-corrected chi connectivity index (χ3v) is 1.46. The second-order valence-electron chi connectivity index (χ2n) is 2.36. The Morgan fingerprint density at radius 1 is 1.42 bits per heavy atom. The first-order chi connectivity index (χ1) is 5.61. The van der Waals surface area contributed by atoms with Gasteiger partial charge in [-0.2, -0.15) is 0 Å². The third kappa shape index (κ3) is 1.79. The molecule has 64 valence electrons. The SMILES string of the molecule is NC(=O)C(O)c1ccc(F)cc1. The van der Waals surface area contributed by atoms with Crippen LogP contribution in [0.5, 0.6) is 0 Å². The molecule has 3 nitrogen and oxygen atoms in total. The third-order valence-electron chi connectivity index (χ3n) is 1.46. The van der Waals surface area contributed by atoms with E-state index in [-0.39, 0.29) is 0 Å². The molecule has 1 rings (SSSR count). The molecule has 0 spiro atoms. The molecule has 1 amide bonds. The van der Waals surface area contributed by atoms with Crippen molar-refractivity contribution in [3.05, 3.63) is 35.6 Å². The summed E-state index contributed by atoms with van der Waals surface area (Å²) in [5.41, 5.74) is 5.12. The fourth-order valence-corrected chi connectivity index (χ4v) is 0.809. The van der Waals surface area contributed by atoms with Crippen LogP contribution in [-0.4, -0.2) is 11.0 Å². The Hall–Kier alpha value is -1.42. The molecule has 0 aliphatic carbocycles. The zero-order valence-electron chi connectivity index (χ0n) is 6.20. The summed E-state index contributed by atoms with van der Waals surface area (Å²) in [6.45, 7) is 0. The Morgan fingerprint density at radius 3 is 2.33 bits per heavy atom. The maximum atomic E-state index is 12.4. The van der Waals surface area contributed by atoms with Crippen molar-refractivity contribution >= 4 is 5.91 Å². The van der Waals surface area contributed by atoms with Crippen LogP contribution < -0.4 is 5.73 Å². The van der Waals surface area contributed by atoms with Crippen molar-refractivity contribution in [1.29, 1.82) is 0 Å². The molecule has 0 bridgehead atoms. The van der Waals surface area contributed by atoms with Gasteiger partial charge in [-0.3, -0.25) is 4.79 Å². The van der Waals surface area contributed by atoms with Gasteiger partial charge in [-0.15, -0.1) is 0 Å². The number of aliphatic hydroxyl groups is 1. The number of hydrogen-bond acceptors (Lipinski definition) is 2. The number of rotatable bonds is 2. The lowest BCUT2D eigenvalue weighted by atomic mass is 10.1. The molecule has 0 fully saturated rings. The van der Waals surface area contributed by atoms with Gasteiger partial charge in [0.1, 0.15) is 5.82 Å². The van der Waals surface area contributed by atoms with Crippen LogP contribution in [0.25, 0.3) is 0 Å². The molecule has 1 aromatic carbocycles. The smallest absolute Gasteiger partial charge is 0.250 e. The monoisotopic (exact) mass is 169 g/mol. The van der Waals surface area contributed by atoms with E-state index < -0.39 is 17.8 Å². The minimum absolute atomic E-state index is 0.295. The number of nitrogens with two attached hydrogens (primary N) is 1.